The number of hydrogen-bond donors (Lipinski definition) is 5. The Bertz CT molecular complexity index is 897. The molecule has 0 aliphatic heterocycles. The van der Waals surface area contributed by atoms with E-state index in [1.807, 2.05) is 38.1 Å². The number of aromatic nitrogens is 1. The van der Waals surface area contributed by atoms with Crippen LogP contribution in [0.2, 0.25) is 0 Å². The molecule has 0 unspecified atom stereocenters. The van der Waals surface area contributed by atoms with E-state index in [1.54, 1.807) is 20.0 Å². The molecular weight excluding hydrogens is 420 g/mol. The van der Waals surface area contributed by atoms with Crippen molar-refractivity contribution in [3.8, 4) is 0 Å². The highest BCUT2D eigenvalue weighted by Crippen LogP contribution is 2.19. The van der Waals surface area contributed by atoms with E-state index in [9.17, 15) is 19.5 Å². The van der Waals surface area contributed by atoms with Crippen LogP contribution in [0.5, 0.6) is 0 Å². The molecule has 172 valence electrons. The minimum absolute atomic E-state index is 0. The molecule has 2 aromatic rings. The lowest BCUT2D eigenvalue weighted by molar-refractivity contribution is -0.142. The number of halogens is 1. The van der Waals surface area contributed by atoms with Crippen molar-refractivity contribution in [2.45, 2.75) is 58.7 Å². The van der Waals surface area contributed by atoms with Crippen LogP contribution in [0.25, 0.3) is 10.9 Å². The maximum atomic E-state index is 12.8. The van der Waals surface area contributed by atoms with Gasteiger partial charge in [-0.05, 0) is 29.9 Å². The van der Waals surface area contributed by atoms with Crippen LogP contribution in [-0.4, -0.2) is 46.0 Å². The Morgan fingerprint density at radius 3 is 2.29 bits per heavy atom. The van der Waals surface area contributed by atoms with E-state index in [4.69, 9.17) is 5.73 Å². The molecule has 2 rings (SSSR count). The van der Waals surface area contributed by atoms with Gasteiger partial charge in [-0.2, -0.15) is 0 Å². The third kappa shape index (κ3) is 7.25. The van der Waals surface area contributed by atoms with Gasteiger partial charge in [0, 0.05) is 23.5 Å². The smallest absolute Gasteiger partial charge is 0.326 e. The zero-order chi connectivity index (χ0) is 22.4. The zero-order valence-electron chi connectivity index (χ0n) is 18.3. The standard InChI is InChI=1S/C22H32N4O4.ClH/c1-12(2)9-16(23)20(27)26-19(13(3)4)21(28)25-18(22(29)30)10-14-11-24-17-8-6-5-7-15(14)17;/h5-8,11-13,16,18-19,24H,9-10,23H2,1-4H3,(H,25,28)(H,26,27)(H,29,30);1H/t16-,18-,19-;/m0./s1. The number of benzene rings is 1. The second-order valence-electron chi connectivity index (χ2n) is 8.43. The summed E-state index contributed by atoms with van der Waals surface area (Å²) < 4.78 is 0. The molecule has 8 nitrogen and oxygen atoms in total. The second-order valence-corrected chi connectivity index (χ2v) is 8.43. The van der Waals surface area contributed by atoms with Crippen LogP contribution < -0.4 is 16.4 Å². The molecule has 6 N–H and O–H groups in total. The van der Waals surface area contributed by atoms with Crippen LogP contribution in [0, 0.1) is 11.8 Å². The van der Waals surface area contributed by atoms with Crippen LogP contribution in [-0.2, 0) is 20.8 Å². The molecule has 2 amide bonds. The number of aliphatic carboxylic acids is 1. The molecule has 3 atom stereocenters. The summed E-state index contributed by atoms with van der Waals surface area (Å²) in [6.07, 6.45) is 2.37. The van der Waals surface area contributed by atoms with Crippen LogP contribution in [0.15, 0.2) is 30.5 Å². The minimum Gasteiger partial charge on any atom is -0.480 e. The Kier molecular flexibility index (Phi) is 10.00. The number of amides is 2. The van der Waals surface area contributed by atoms with Gasteiger partial charge in [-0.1, -0.05) is 45.9 Å². The zero-order valence-corrected chi connectivity index (χ0v) is 19.2. The average Bonchev–Trinajstić information content (AvgIpc) is 3.07. The summed E-state index contributed by atoms with van der Waals surface area (Å²) in [6.45, 7) is 7.49. The van der Waals surface area contributed by atoms with Crippen molar-refractivity contribution in [3.05, 3.63) is 36.0 Å². The highest BCUT2D eigenvalue weighted by molar-refractivity contribution is 5.92. The molecule has 1 heterocycles. The third-order valence-electron chi connectivity index (χ3n) is 5.02. The van der Waals surface area contributed by atoms with Gasteiger partial charge in [0.15, 0.2) is 0 Å². The minimum atomic E-state index is -1.14. The Balaban J connectivity index is 0.00000480. The predicted molar refractivity (Wildman–Crippen MR) is 123 cm³/mol. The van der Waals surface area contributed by atoms with E-state index >= 15 is 0 Å². The normalized spacial score (nSPS) is 14.0. The molecule has 1 aromatic carbocycles. The van der Waals surface area contributed by atoms with Crippen molar-refractivity contribution in [2.75, 3.05) is 0 Å². The number of carboxylic acid groups (broad SMARTS) is 1. The van der Waals surface area contributed by atoms with Crippen molar-refractivity contribution in [1.29, 1.82) is 0 Å². The first-order valence-electron chi connectivity index (χ1n) is 10.2. The van der Waals surface area contributed by atoms with Crippen LogP contribution in [0.3, 0.4) is 0 Å². The van der Waals surface area contributed by atoms with Crippen molar-refractivity contribution in [2.24, 2.45) is 17.6 Å². The lowest BCUT2D eigenvalue weighted by Crippen LogP contribution is -2.56. The van der Waals surface area contributed by atoms with E-state index in [0.29, 0.717) is 6.42 Å². The number of hydrogen-bond acceptors (Lipinski definition) is 4. The number of nitrogens with two attached hydrogens (primary N) is 1. The fraction of sp³-hybridized carbons (Fsp3) is 0.500. The van der Waals surface area contributed by atoms with Gasteiger partial charge in [-0.15, -0.1) is 12.4 Å². The summed E-state index contributed by atoms with van der Waals surface area (Å²) in [6, 6.07) is 4.84. The van der Waals surface area contributed by atoms with Crippen LogP contribution in [0.4, 0.5) is 0 Å². The van der Waals surface area contributed by atoms with E-state index in [-0.39, 0.29) is 30.7 Å². The average molecular weight is 453 g/mol. The number of rotatable bonds is 10. The molecule has 0 spiro atoms. The molecule has 0 saturated carbocycles. The van der Waals surface area contributed by atoms with Gasteiger partial charge in [0.2, 0.25) is 11.8 Å². The quantitative estimate of drug-likeness (QED) is 0.376. The molecule has 0 saturated heterocycles. The molecule has 31 heavy (non-hydrogen) atoms. The fourth-order valence-electron chi connectivity index (χ4n) is 3.39. The molecule has 1 aromatic heterocycles. The first kappa shape index (κ1) is 26.5. The third-order valence-corrected chi connectivity index (χ3v) is 5.02. The number of carboxylic acids is 1. The SMILES string of the molecule is CC(C)C[C@H](N)C(=O)N[C@H](C(=O)N[C@@H](Cc1c[nH]c2ccccc12)C(=O)O)C(C)C.Cl. The molecule has 0 bridgehead atoms. The summed E-state index contributed by atoms with van der Waals surface area (Å²) in [5.41, 5.74) is 7.61. The number of aromatic amines is 1. The van der Waals surface area contributed by atoms with Gasteiger partial charge in [-0.3, -0.25) is 9.59 Å². The van der Waals surface area contributed by atoms with Crippen molar-refractivity contribution in [3.63, 3.8) is 0 Å². The molecule has 0 aliphatic rings. The maximum absolute atomic E-state index is 12.8. The van der Waals surface area contributed by atoms with E-state index in [2.05, 4.69) is 15.6 Å². The highest BCUT2D eigenvalue weighted by Gasteiger charge is 2.30. The first-order chi connectivity index (χ1) is 14.1. The van der Waals surface area contributed by atoms with Gasteiger partial charge in [0.25, 0.3) is 0 Å². The second kappa shape index (κ2) is 11.7. The molecular formula is C22H33ClN4O4. The summed E-state index contributed by atoms with van der Waals surface area (Å²) in [5, 5.41) is 15.8. The maximum Gasteiger partial charge on any atom is 0.326 e. The Morgan fingerprint density at radius 2 is 1.71 bits per heavy atom. The Labute approximate surface area is 188 Å². The van der Waals surface area contributed by atoms with E-state index in [0.717, 1.165) is 16.5 Å². The lowest BCUT2D eigenvalue weighted by atomic mass is 9.99. The van der Waals surface area contributed by atoms with Crippen molar-refractivity contribution < 1.29 is 19.5 Å². The summed E-state index contributed by atoms with van der Waals surface area (Å²) in [4.78, 5) is 40.1. The Morgan fingerprint density at radius 1 is 1.06 bits per heavy atom. The Hall–Kier alpha value is -2.58. The van der Waals surface area contributed by atoms with Crippen molar-refractivity contribution >= 4 is 41.1 Å². The number of para-hydroxylation sites is 1. The van der Waals surface area contributed by atoms with Crippen LogP contribution in [0.1, 0.15) is 39.7 Å². The number of H-pyrrole nitrogens is 1. The topological polar surface area (TPSA) is 137 Å². The van der Waals surface area contributed by atoms with Gasteiger partial charge < -0.3 is 26.5 Å². The van der Waals surface area contributed by atoms with Gasteiger partial charge in [0.05, 0.1) is 6.04 Å². The largest absolute Gasteiger partial charge is 0.480 e. The first-order valence-corrected chi connectivity index (χ1v) is 10.2. The fourth-order valence-corrected chi connectivity index (χ4v) is 3.39. The molecule has 0 fully saturated rings. The summed E-state index contributed by atoms with van der Waals surface area (Å²) in [5.74, 6) is -2.09. The highest BCUT2D eigenvalue weighted by atomic mass is 35.5. The number of nitrogens with one attached hydrogen (secondary N) is 3. The van der Waals surface area contributed by atoms with Crippen LogP contribution >= 0.6 is 12.4 Å². The molecule has 0 radical (unpaired) electrons. The summed E-state index contributed by atoms with van der Waals surface area (Å²) in [7, 11) is 0. The van der Waals surface area contributed by atoms with Gasteiger partial charge in [-0.25, -0.2) is 4.79 Å². The van der Waals surface area contributed by atoms with Gasteiger partial charge >= 0.3 is 5.97 Å². The molecule has 0 aliphatic carbocycles. The predicted octanol–water partition coefficient (Wildman–Crippen LogP) is 2.22. The number of carbonyl (C=O) groups excluding carboxylic acids is 2. The summed E-state index contributed by atoms with van der Waals surface area (Å²) >= 11 is 0. The lowest BCUT2D eigenvalue weighted by Gasteiger charge is -2.25. The van der Waals surface area contributed by atoms with E-state index in [1.165, 1.54) is 0 Å². The number of carbonyl (C=O) groups is 3. The van der Waals surface area contributed by atoms with Crippen molar-refractivity contribution in [1.82, 2.24) is 15.6 Å². The van der Waals surface area contributed by atoms with E-state index < -0.39 is 35.9 Å². The van der Waals surface area contributed by atoms with Gasteiger partial charge in [0.1, 0.15) is 12.1 Å². The monoisotopic (exact) mass is 452 g/mol. The molecule has 9 heteroatoms. The number of fused-ring (bicyclic) bond motifs is 1.